The summed E-state index contributed by atoms with van der Waals surface area (Å²) in [6.45, 7) is 4.65. The van der Waals surface area contributed by atoms with Gasteiger partial charge in [-0.15, -0.1) is 11.3 Å². The average Bonchev–Trinajstić information content (AvgIpc) is 3.43. The van der Waals surface area contributed by atoms with Gasteiger partial charge in [-0.25, -0.2) is 13.8 Å². The predicted octanol–water partition coefficient (Wildman–Crippen LogP) is 4.63. The van der Waals surface area contributed by atoms with Crippen LogP contribution in [0.5, 0.6) is 0 Å². The van der Waals surface area contributed by atoms with Gasteiger partial charge in [0.1, 0.15) is 11.6 Å². The molecule has 0 unspecified atom stereocenters. The van der Waals surface area contributed by atoms with E-state index in [1.165, 1.54) is 65.5 Å². The molecule has 0 saturated carbocycles. The van der Waals surface area contributed by atoms with Crippen molar-refractivity contribution in [1.82, 2.24) is 9.88 Å². The summed E-state index contributed by atoms with van der Waals surface area (Å²) in [4.78, 5) is 7.39. The summed E-state index contributed by atoms with van der Waals surface area (Å²) in [7, 11) is -1.51. The SMILES string of the molecule is C[C@@H]1CCCN1CCc1nc2cc(-c3ccc(F)cc3)ccc2s1.OB(O)c1ccc(F)cc1. The van der Waals surface area contributed by atoms with Gasteiger partial charge >= 0.3 is 7.12 Å². The van der Waals surface area contributed by atoms with Crippen LogP contribution in [0.25, 0.3) is 21.3 Å². The van der Waals surface area contributed by atoms with Crippen molar-refractivity contribution in [3.8, 4) is 11.1 Å². The summed E-state index contributed by atoms with van der Waals surface area (Å²) in [5.41, 5.74) is 3.46. The van der Waals surface area contributed by atoms with Gasteiger partial charge in [0.25, 0.3) is 0 Å². The Kier molecular flexibility index (Phi) is 8.05. The molecule has 2 N–H and O–H groups in total. The molecule has 8 heteroatoms. The number of hydrogen-bond donors (Lipinski definition) is 2. The molecule has 1 aliphatic heterocycles. The van der Waals surface area contributed by atoms with Crippen LogP contribution in [0.15, 0.2) is 66.7 Å². The first kappa shape index (κ1) is 24.5. The highest BCUT2D eigenvalue weighted by molar-refractivity contribution is 7.18. The molecule has 1 aromatic heterocycles. The molecule has 1 aliphatic rings. The van der Waals surface area contributed by atoms with Crippen LogP contribution in [-0.4, -0.2) is 46.2 Å². The Bertz CT molecular complexity index is 1220. The summed E-state index contributed by atoms with van der Waals surface area (Å²) in [5, 5.41) is 18.3. The molecule has 34 heavy (non-hydrogen) atoms. The minimum absolute atomic E-state index is 0.202. The molecule has 0 amide bonds. The Morgan fingerprint density at radius 3 is 2.24 bits per heavy atom. The molecule has 0 spiro atoms. The summed E-state index contributed by atoms with van der Waals surface area (Å²) in [5.74, 6) is -0.587. The quantitative estimate of drug-likeness (QED) is 0.409. The normalized spacial score (nSPS) is 15.9. The number of nitrogens with zero attached hydrogens (tertiary/aromatic N) is 2. The lowest BCUT2D eigenvalue weighted by Crippen LogP contribution is -2.29. The lowest BCUT2D eigenvalue weighted by atomic mass is 9.80. The van der Waals surface area contributed by atoms with Crippen LogP contribution in [0.2, 0.25) is 0 Å². The minimum atomic E-state index is -1.51. The zero-order valence-electron chi connectivity index (χ0n) is 19.0. The van der Waals surface area contributed by atoms with Crippen molar-refractivity contribution in [2.75, 3.05) is 13.1 Å². The van der Waals surface area contributed by atoms with Crippen LogP contribution in [0.4, 0.5) is 8.78 Å². The molecular weight excluding hydrogens is 453 g/mol. The average molecular weight is 480 g/mol. The Labute approximate surface area is 202 Å². The van der Waals surface area contributed by atoms with Gasteiger partial charge in [-0.3, -0.25) is 0 Å². The van der Waals surface area contributed by atoms with E-state index >= 15 is 0 Å². The van der Waals surface area contributed by atoms with Gasteiger partial charge in [-0.1, -0.05) is 30.3 Å². The predicted molar refractivity (Wildman–Crippen MR) is 135 cm³/mol. The fourth-order valence-electron chi connectivity index (χ4n) is 4.10. The highest BCUT2D eigenvalue weighted by Gasteiger charge is 2.20. The van der Waals surface area contributed by atoms with Crippen molar-refractivity contribution in [2.24, 2.45) is 0 Å². The van der Waals surface area contributed by atoms with Crippen molar-refractivity contribution in [3.05, 3.63) is 83.4 Å². The van der Waals surface area contributed by atoms with Crippen LogP contribution >= 0.6 is 11.3 Å². The molecule has 1 fully saturated rings. The van der Waals surface area contributed by atoms with Crippen molar-refractivity contribution >= 4 is 34.1 Å². The smallest absolute Gasteiger partial charge is 0.423 e. The molecule has 1 saturated heterocycles. The third-order valence-corrected chi connectivity index (χ3v) is 7.18. The van der Waals surface area contributed by atoms with E-state index in [1.807, 2.05) is 12.1 Å². The van der Waals surface area contributed by atoms with E-state index < -0.39 is 7.12 Å². The number of benzene rings is 3. The highest BCUT2D eigenvalue weighted by Crippen LogP contribution is 2.28. The van der Waals surface area contributed by atoms with Gasteiger partial charge in [-0.2, -0.15) is 0 Å². The monoisotopic (exact) mass is 480 g/mol. The van der Waals surface area contributed by atoms with Gasteiger partial charge in [0.2, 0.25) is 0 Å². The van der Waals surface area contributed by atoms with Gasteiger partial charge in [0, 0.05) is 19.0 Å². The van der Waals surface area contributed by atoms with Crippen molar-refractivity contribution in [3.63, 3.8) is 0 Å². The molecule has 5 rings (SSSR count). The number of hydrogen-bond acceptors (Lipinski definition) is 5. The number of aromatic nitrogens is 1. The molecule has 0 aliphatic carbocycles. The Morgan fingerprint density at radius 1 is 0.971 bits per heavy atom. The molecule has 4 aromatic rings. The van der Waals surface area contributed by atoms with Crippen LogP contribution in [0, 0.1) is 11.6 Å². The maximum Gasteiger partial charge on any atom is 0.488 e. The molecule has 0 bridgehead atoms. The van der Waals surface area contributed by atoms with Crippen molar-refractivity contribution in [2.45, 2.75) is 32.2 Å². The summed E-state index contributed by atoms with van der Waals surface area (Å²) < 4.78 is 26.5. The van der Waals surface area contributed by atoms with E-state index in [9.17, 15) is 8.78 Å². The largest absolute Gasteiger partial charge is 0.488 e. The number of rotatable bonds is 5. The van der Waals surface area contributed by atoms with Gasteiger partial charge in [-0.05, 0) is 79.3 Å². The van der Waals surface area contributed by atoms with E-state index in [2.05, 4.69) is 30.0 Å². The number of halogens is 2. The third kappa shape index (κ3) is 6.27. The third-order valence-electron chi connectivity index (χ3n) is 6.08. The van der Waals surface area contributed by atoms with E-state index in [0.717, 1.165) is 29.6 Å². The standard InChI is InChI=1S/C20H21FN2S.C6H6BFO2/c1-14-3-2-11-23(14)12-10-20-22-18-13-16(6-9-19(18)24-20)15-4-7-17(21)8-5-15;8-6-3-1-5(2-4-6)7(9)10/h4-9,13-14H,2-3,10-12H2,1H3;1-4,9-10H/t14-;/m1./s1. The maximum atomic E-state index is 13.1. The second kappa shape index (κ2) is 11.2. The Morgan fingerprint density at radius 2 is 1.62 bits per heavy atom. The second-order valence-corrected chi connectivity index (χ2v) is 9.61. The number of fused-ring (bicyclic) bond motifs is 1. The first-order valence-electron chi connectivity index (χ1n) is 11.4. The zero-order chi connectivity index (χ0) is 24.1. The molecule has 176 valence electrons. The lowest BCUT2D eigenvalue weighted by Gasteiger charge is -2.19. The van der Waals surface area contributed by atoms with E-state index in [4.69, 9.17) is 15.0 Å². The Balaban J connectivity index is 0.000000231. The summed E-state index contributed by atoms with van der Waals surface area (Å²) in [6.07, 6.45) is 3.67. The highest BCUT2D eigenvalue weighted by atomic mass is 32.1. The summed E-state index contributed by atoms with van der Waals surface area (Å²) in [6, 6.07) is 18.7. The van der Waals surface area contributed by atoms with Crippen LogP contribution in [0.1, 0.15) is 24.8 Å². The molecule has 2 heterocycles. The first-order chi connectivity index (χ1) is 16.4. The van der Waals surface area contributed by atoms with Crippen molar-refractivity contribution < 1.29 is 18.8 Å². The number of likely N-dealkylation sites (tertiary alicyclic amines) is 1. The van der Waals surface area contributed by atoms with Gasteiger partial charge in [0.15, 0.2) is 0 Å². The van der Waals surface area contributed by atoms with Crippen LogP contribution in [-0.2, 0) is 6.42 Å². The number of thiazole rings is 1. The molecule has 1 atom stereocenters. The van der Waals surface area contributed by atoms with Crippen LogP contribution in [0.3, 0.4) is 0 Å². The fourth-order valence-corrected chi connectivity index (χ4v) is 5.04. The second-order valence-electron chi connectivity index (χ2n) is 8.50. The van der Waals surface area contributed by atoms with E-state index in [1.54, 1.807) is 11.3 Å². The fraction of sp³-hybridized carbons (Fsp3) is 0.269. The first-order valence-corrected chi connectivity index (χ1v) is 12.2. The lowest BCUT2D eigenvalue weighted by molar-refractivity contribution is 0.272. The van der Waals surface area contributed by atoms with E-state index in [-0.39, 0.29) is 11.6 Å². The van der Waals surface area contributed by atoms with Gasteiger partial charge in [0.05, 0.1) is 15.2 Å². The molecule has 3 aromatic carbocycles. The topological polar surface area (TPSA) is 56.6 Å². The summed E-state index contributed by atoms with van der Waals surface area (Å²) >= 11 is 1.79. The maximum absolute atomic E-state index is 13.1. The molecule has 4 nitrogen and oxygen atoms in total. The minimum Gasteiger partial charge on any atom is -0.423 e. The Hall–Kier alpha value is -2.65. The molecular formula is C26H27BF2N2O2S. The zero-order valence-corrected chi connectivity index (χ0v) is 19.8. The molecule has 0 radical (unpaired) electrons. The van der Waals surface area contributed by atoms with Gasteiger partial charge < -0.3 is 14.9 Å². The van der Waals surface area contributed by atoms with Crippen LogP contribution < -0.4 is 5.46 Å². The van der Waals surface area contributed by atoms with Crippen molar-refractivity contribution in [1.29, 1.82) is 0 Å². The van der Waals surface area contributed by atoms with E-state index in [0.29, 0.717) is 11.5 Å².